The zero-order valence-electron chi connectivity index (χ0n) is 13.2. The van der Waals surface area contributed by atoms with E-state index >= 15 is 0 Å². The lowest BCUT2D eigenvalue weighted by Crippen LogP contribution is -2.42. The first-order valence-corrected chi connectivity index (χ1v) is 9.24. The fourth-order valence-corrected chi connectivity index (χ4v) is 3.17. The highest BCUT2D eigenvalue weighted by molar-refractivity contribution is 7.89. The number of sulfonamides is 1. The van der Waals surface area contributed by atoms with Crippen molar-refractivity contribution in [2.24, 2.45) is 10.1 Å². The van der Waals surface area contributed by atoms with Gasteiger partial charge in [-0.05, 0) is 48.5 Å². The molecule has 4 N–H and O–H groups in total. The molecule has 0 aromatic heterocycles. The molecular weight excluding hydrogens is 382 g/mol. The molecule has 0 bridgehead atoms. The minimum atomic E-state index is -3.86. The van der Waals surface area contributed by atoms with Crippen LogP contribution < -0.4 is 10.0 Å². The number of amidine groups is 1. The normalized spacial score (nSPS) is 20.1. The maximum absolute atomic E-state index is 11.4. The summed E-state index contributed by atoms with van der Waals surface area (Å²) in [4.78, 5) is 16.8. The summed E-state index contributed by atoms with van der Waals surface area (Å²) < 4.78 is 22.8. The summed E-state index contributed by atoms with van der Waals surface area (Å²) in [7, 11) is -3.86. The first kappa shape index (κ1) is 18.3. The van der Waals surface area contributed by atoms with Crippen LogP contribution in [0.2, 0.25) is 5.02 Å². The number of hydrogen-bond acceptors (Lipinski definition) is 6. The van der Waals surface area contributed by atoms with Crippen LogP contribution in [0.3, 0.4) is 0 Å². The van der Waals surface area contributed by atoms with E-state index in [1.165, 1.54) is 29.2 Å². The number of aliphatic hydroxyl groups is 1. The maximum atomic E-state index is 11.4. The van der Waals surface area contributed by atoms with Crippen molar-refractivity contribution in [2.75, 3.05) is 11.4 Å². The number of β-amino-alcohol motifs (C(OH)–C–C–N with tert-alkyl or cyclic N) is 1. The molecule has 0 amide bonds. The Morgan fingerprint density at radius 2 is 1.73 bits per heavy atom. The Labute approximate surface area is 154 Å². The number of halogens is 1. The van der Waals surface area contributed by atoms with Gasteiger partial charge in [0.2, 0.25) is 10.0 Å². The van der Waals surface area contributed by atoms with Gasteiger partial charge in [-0.15, -0.1) is 0 Å². The quantitative estimate of drug-likeness (QED) is 0.707. The molecule has 8 nitrogen and oxygen atoms in total. The molecule has 2 aromatic rings. The first-order chi connectivity index (χ1) is 12.1. The summed E-state index contributed by atoms with van der Waals surface area (Å²) in [6, 6.07) is 12.0. The van der Waals surface area contributed by atoms with Crippen molar-refractivity contribution in [3.63, 3.8) is 0 Å². The van der Waals surface area contributed by atoms with Crippen molar-refractivity contribution in [1.82, 2.24) is 0 Å². The van der Waals surface area contributed by atoms with Crippen LogP contribution in [0.25, 0.3) is 0 Å². The number of primary sulfonamides is 1. The number of nitrogens with zero attached hydrogens (tertiary/aromatic N) is 2. The summed E-state index contributed by atoms with van der Waals surface area (Å²) in [5, 5.41) is 25.2. The van der Waals surface area contributed by atoms with Gasteiger partial charge in [-0.2, -0.15) is 0 Å². The molecule has 1 atom stereocenters. The highest BCUT2D eigenvalue weighted by atomic mass is 35.5. The Morgan fingerprint density at radius 3 is 2.23 bits per heavy atom. The summed E-state index contributed by atoms with van der Waals surface area (Å²) in [6.45, 7) is -0.338. The van der Waals surface area contributed by atoms with Crippen molar-refractivity contribution >= 4 is 39.1 Å². The van der Waals surface area contributed by atoms with Crippen molar-refractivity contribution in [2.45, 2.75) is 10.6 Å². The lowest BCUT2D eigenvalue weighted by Gasteiger charge is -2.22. The Morgan fingerprint density at radius 1 is 1.15 bits per heavy atom. The van der Waals surface area contributed by atoms with E-state index in [2.05, 4.69) is 4.99 Å². The van der Waals surface area contributed by atoms with E-state index in [4.69, 9.17) is 16.7 Å². The summed E-state index contributed by atoms with van der Waals surface area (Å²) in [6.07, 6.45) is 0. The molecule has 1 heterocycles. The van der Waals surface area contributed by atoms with Crippen molar-refractivity contribution in [3.8, 4) is 0 Å². The van der Waals surface area contributed by atoms with E-state index in [1.807, 2.05) is 0 Å². The zero-order chi connectivity index (χ0) is 19.1. The number of carboxylic acid groups (broad SMARTS) is 1. The van der Waals surface area contributed by atoms with Crippen LogP contribution in [0.4, 0.5) is 5.69 Å². The average Bonchev–Trinajstić information content (AvgIpc) is 2.94. The Bertz CT molecular complexity index is 990. The van der Waals surface area contributed by atoms with Crippen LogP contribution in [-0.4, -0.2) is 42.7 Å². The monoisotopic (exact) mass is 395 g/mol. The zero-order valence-corrected chi connectivity index (χ0v) is 14.8. The standard InChI is InChI=1S/C16H14ClN3O5S/c17-11-3-1-10(2-4-11)14-19-16(23,15(21)22)9-20(14)12-5-7-13(8-6-12)26(18,24)25/h1-8,23H,9H2,(H,21,22)(H2,18,24,25). The van der Waals surface area contributed by atoms with Crippen LogP contribution in [-0.2, 0) is 14.8 Å². The van der Waals surface area contributed by atoms with Crippen LogP contribution in [0.15, 0.2) is 58.4 Å². The molecule has 0 saturated heterocycles. The van der Waals surface area contributed by atoms with Gasteiger partial charge < -0.3 is 15.1 Å². The molecule has 3 rings (SSSR count). The number of nitrogens with two attached hydrogens (primary N) is 1. The van der Waals surface area contributed by atoms with Crippen LogP contribution in [0.1, 0.15) is 5.56 Å². The number of anilines is 1. The number of rotatable bonds is 4. The molecule has 26 heavy (non-hydrogen) atoms. The second-order valence-electron chi connectivity index (χ2n) is 5.69. The predicted octanol–water partition coefficient (Wildman–Crippen LogP) is 1.03. The molecule has 0 aliphatic carbocycles. The third kappa shape index (κ3) is 3.42. The van der Waals surface area contributed by atoms with E-state index in [1.54, 1.807) is 24.3 Å². The van der Waals surface area contributed by atoms with E-state index in [-0.39, 0.29) is 17.3 Å². The molecule has 0 saturated carbocycles. The molecule has 136 valence electrons. The highest BCUT2D eigenvalue weighted by Gasteiger charge is 2.45. The van der Waals surface area contributed by atoms with Gasteiger partial charge in [0.15, 0.2) is 0 Å². The lowest BCUT2D eigenvalue weighted by atomic mass is 10.1. The minimum Gasteiger partial charge on any atom is -0.478 e. The van der Waals surface area contributed by atoms with Crippen LogP contribution >= 0.6 is 11.6 Å². The molecule has 1 unspecified atom stereocenters. The van der Waals surface area contributed by atoms with Crippen LogP contribution in [0, 0.1) is 0 Å². The first-order valence-electron chi connectivity index (χ1n) is 7.32. The predicted molar refractivity (Wildman–Crippen MR) is 95.7 cm³/mol. The second-order valence-corrected chi connectivity index (χ2v) is 7.69. The number of carbonyl (C=O) groups is 1. The average molecular weight is 396 g/mol. The van der Waals surface area contributed by atoms with Gasteiger partial charge in [0.05, 0.1) is 11.4 Å². The Balaban J connectivity index is 2.05. The molecule has 0 fully saturated rings. The molecule has 2 aromatic carbocycles. The Kier molecular flexibility index (Phi) is 4.49. The molecule has 1 aliphatic heterocycles. The summed E-state index contributed by atoms with van der Waals surface area (Å²) in [5.74, 6) is -1.28. The van der Waals surface area contributed by atoms with Gasteiger partial charge in [-0.1, -0.05) is 11.6 Å². The van der Waals surface area contributed by atoms with Gasteiger partial charge in [-0.3, -0.25) is 0 Å². The maximum Gasteiger partial charge on any atom is 0.361 e. The van der Waals surface area contributed by atoms with E-state index in [0.717, 1.165) is 0 Å². The van der Waals surface area contributed by atoms with Crippen molar-refractivity contribution < 1.29 is 23.4 Å². The largest absolute Gasteiger partial charge is 0.478 e. The molecule has 0 radical (unpaired) electrons. The Hall–Kier alpha value is -2.46. The molecular formula is C16H14ClN3O5S. The topological polar surface area (TPSA) is 133 Å². The smallest absolute Gasteiger partial charge is 0.361 e. The van der Waals surface area contributed by atoms with Gasteiger partial charge >= 0.3 is 5.97 Å². The number of aliphatic carboxylic acids is 1. The molecule has 10 heteroatoms. The highest BCUT2D eigenvalue weighted by Crippen LogP contribution is 2.29. The summed E-state index contributed by atoms with van der Waals surface area (Å²) in [5.41, 5.74) is -1.33. The van der Waals surface area contributed by atoms with E-state index in [0.29, 0.717) is 16.3 Å². The fraction of sp³-hybridized carbons (Fsp3) is 0.125. The molecule has 0 spiro atoms. The van der Waals surface area contributed by atoms with Gasteiger partial charge in [0, 0.05) is 16.3 Å². The third-order valence-electron chi connectivity index (χ3n) is 3.85. The molecule has 1 aliphatic rings. The third-order valence-corrected chi connectivity index (χ3v) is 5.03. The SMILES string of the molecule is NS(=O)(=O)c1ccc(N2CC(O)(C(=O)O)N=C2c2ccc(Cl)cc2)cc1. The summed E-state index contributed by atoms with van der Waals surface area (Å²) >= 11 is 5.87. The van der Waals surface area contributed by atoms with Crippen LogP contribution in [0.5, 0.6) is 0 Å². The minimum absolute atomic E-state index is 0.0843. The fourth-order valence-electron chi connectivity index (χ4n) is 2.53. The van der Waals surface area contributed by atoms with E-state index in [9.17, 15) is 23.4 Å². The lowest BCUT2D eigenvalue weighted by molar-refractivity contribution is -0.155. The van der Waals surface area contributed by atoms with Crippen molar-refractivity contribution in [1.29, 1.82) is 0 Å². The van der Waals surface area contributed by atoms with Gasteiger partial charge in [0.25, 0.3) is 5.72 Å². The number of benzene rings is 2. The number of aliphatic imine (C=N–C) groups is 1. The number of hydrogen-bond donors (Lipinski definition) is 3. The van der Waals surface area contributed by atoms with Gasteiger partial charge in [0.1, 0.15) is 5.84 Å². The van der Waals surface area contributed by atoms with E-state index < -0.39 is 21.7 Å². The van der Waals surface area contributed by atoms with Gasteiger partial charge in [-0.25, -0.2) is 23.3 Å². The van der Waals surface area contributed by atoms with Crippen molar-refractivity contribution in [3.05, 3.63) is 59.1 Å². The number of carboxylic acids is 1. The second kappa shape index (κ2) is 6.36.